The highest BCUT2D eigenvalue weighted by atomic mass is 35.5. The number of sulfonamides is 1. The van der Waals surface area contributed by atoms with Crippen LogP contribution in [-0.2, 0) is 24.3 Å². The summed E-state index contributed by atoms with van der Waals surface area (Å²) in [5, 5.41) is 0.395. The summed E-state index contributed by atoms with van der Waals surface area (Å²) in [6.07, 6.45) is -0.914. The zero-order chi connectivity index (χ0) is 23.4. The van der Waals surface area contributed by atoms with Gasteiger partial charge in [0.15, 0.2) is 6.10 Å². The van der Waals surface area contributed by atoms with Crippen molar-refractivity contribution in [1.82, 2.24) is 0 Å². The molecule has 1 aliphatic rings. The molecule has 0 radical (unpaired) electrons. The Morgan fingerprint density at radius 3 is 2.18 bits per heavy atom. The molecule has 0 aromatic heterocycles. The molecule has 3 aromatic rings. The average Bonchev–Trinajstić information content (AvgIpc) is 3.19. The van der Waals surface area contributed by atoms with Gasteiger partial charge in [-0.15, -0.1) is 0 Å². The quantitative estimate of drug-likeness (QED) is 0.451. The SMILES string of the molecule is CCOC(=O)C1=C(c2ccccc2)OC(c2ccccc2)/C1=N\S(=O)(=O)c1ccc(Cl)cc1. The molecule has 0 bridgehead atoms. The predicted molar refractivity (Wildman–Crippen MR) is 126 cm³/mol. The van der Waals surface area contributed by atoms with Crippen LogP contribution in [0.5, 0.6) is 0 Å². The van der Waals surface area contributed by atoms with E-state index in [0.717, 1.165) is 0 Å². The molecular weight excluding hydrogens is 462 g/mol. The molecule has 1 atom stereocenters. The topological polar surface area (TPSA) is 82.0 Å². The number of benzene rings is 3. The summed E-state index contributed by atoms with van der Waals surface area (Å²) in [7, 11) is -4.18. The normalized spacial score (nSPS) is 17.2. The first-order chi connectivity index (χ1) is 15.9. The van der Waals surface area contributed by atoms with Gasteiger partial charge in [-0.2, -0.15) is 12.8 Å². The van der Waals surface area contributed by atoms with E-state index in [-0.39, 0.29) is 28.5 Å². The number of hydrogen-bond donors (Lipinski definition) is 0. The highest BCUT2D eigenvalue weighted by Crippen LogP contribution is 2.40. The molecule has 1 heterocycles. The third kappa shape index (κ3) is 4.84. The number of nitrogens with zero attached hydrogens (tertiary/aromatic N) is 1. The summed E-state index contributed by atoms with van der Waals surface area (Å²) in [6.45, 7) is 1.78. The van der Waals surface area contributed by atoms with E-state index < -0.39 is 22.1 Å². The Kier molecular flexibility index (Phi) is 6.62. The number of halogens is 1. The van der Waals surface area contributed by atoms with E-state index in [9.17, 15) is 13.2 Å². The Balaban J connectivity index is 1.94. The van der Waals surface area contributed by atoms with Crippen molar-refractivity contribution in [2.24, 2.45) is 4.40 Å². The molecule has 33 heavy (non-hydrogen) atoms. The summed E-state index contributed by atoms with van der Waals surface area (Å²) in [5.41, 5.74) is 1.20. The minimum Gasteiger partial charge on any atom is -0.478 e. The Morgan fingerprint density at radius 2 is 1.58 bits per heavy atom. The van der Waals surface area contributed by atoms with Crippen molar-refractivity contribution in [3.63, 3.8) is 0 Å². The first-order valence-electron chi connectivity index (χ1n) is 10.2. The van der Waals surface area contributed by atoms with Crippen molar-refractivity contribution in [3.05, 3.63) is 107 Å². The van der Waals surface area contributed by atoms with E-state index in [2.05, 4.69) is 4.40 Å². The van der Waals surface area contributed by atoms with E-state index in [1.807, 2.05) is 12.1 Å². The molecular formula is C25H20ClNO5S. The maximum atomic E-state index is 13.2. The van der Waals surface area contributed by atoms with Gasteiger partial charge in [0.1, 0.15) is 17.0 Å². The lowest BCUT2D eigenvalue weighted by Gasteiger charge is -2.14. The largest absolute Gasteiger partial charge is 0.478 e. The summed E-state index contributed by atoms with van der Waals surface area (Å²) < 4.78 is 41.9. The van der Waals surface area contributed by atoms with Gasteiger partial charge in [-0.05, 0) is 36.8 Å². The predicted octanol–water partition coefficient (Wildman–Crippen LogP) is 5.22. The summed E-state index contributed by atoms with van der Waals surface area (Å²) in [5.74, 6) is -0.493. The Morgan fingerprint density at radius 1 is 0.970 bits per heavy atom. The maximum Gasteiger partial charge on any atom is 0.344 e. The standard InChI is InChI=1S/C25H20ClNO5S/c1-2-31-25(28)21-22(27-33(29,30)20-15-13-19(26)14-16-20)24(18-11-7-4-8-12-18)32-23(21)17-9-5-3-6-10-17/h3-16,24H,2H2,1H3/b27-22-. The van der Waals surface area contributed by atoms with Gasteiger partial charge in [-0.3, -0.25) is 0 Å². The molecule has 0 amide bonds. The van der Waals surface area contributed by atoms with Crippen LogP contribution in [-0.4, -0.2) is 26.7 Å². The van der Waals surface area contributed by atoms with Crippen molar-refractivity contribution >= 4 is 39.1 Å². The van der Waals surface area contributed by atoms with Crippen LogP contribution in [0.1, 0.15) is 24.2 Å². The van der Waals surface area contributed by atoms with Gasteiger partial charge in [-0.1, -0.05) is 72.3 Å². The molecule has 1 unspecified atom stereocenters. The third-order valence-corrected chi connectivity index (χ3v) is 6.47. The second-order valence-electron chi connectivity index (χ2n) is 7.10. The van der Waals surface area contributed by atoms with E-state index in [1.54, 1.807) is 55.5 Å². The van der Waals surface area contributed by atoms with Crippen LogP contribution in [0.3, 0.4) is 0 Å². The fourth-order valence-corrected chi connectivity index (χ4v) is 4.58. The van der Waals surface area contributed by atoms with Gasteiger partial charge in [0.05, 0.1) is 11.5 Å². The molecule has 3 aromatic carbocycles. The van der Waals surface area contributed by atoms with Crippen LogP contribution >= 0.6 is 11.6 Å². The molecule has 1 aliphatic heterocycles. The number of hydrogen-bond acceptors (Lipinski definition) is 5. The fraction of sp³-hybridized carbons (Fsp3) is 0.120. The van der Waals surface area contributed by atoms with Crippen LogP contribution in [0, 0.1) is 0 Å². The molecule has 0 N–H and O–H groups in total. The zero-order valence-corrected chi connectivity index (χ0v) is 19.2. The number of carbonyl (C=O) groups excluding carboxylic acids is 1. The molecule has 0 saturated heterocycles. The fourth-order valence-electron chi connectivity index (χ4n) is 3.42. The van der Waals surface area contributed by atoms with Crippen LogP contribution in [0.25, 0.3) is 5.76 Å². The monoisotopic (exact) mass is 481 g/mol. The summed E-state index contributed by atoms with van der Waals surface area (Å²) in [4.78, 5) is 13.0. The molecule has 8 heteroatoms. The van der Waals surface area contributed by atoms with Gasteiger partial charge >= 0.3 is 5.97 Å². The van der Waals surface area contributed by atoms with Crippen molar-refractivity contribution < 1.29 is 22.7 Å². The van der Waals surface area contributed by atoms with E-state index in [0.29, 0.717) is 16.1 Å². The van der Waals surface area contributed by atoms with Gasteiger partial charge in [0, 0.05) is 10.6 Å². The molecule has 168 valence electrons. The average molecular weight is 482 g/mol. The third-order valence-electron chi connectivity index (χ3n) is 4.92. The van der Waals surface area contributed by atoms with Crippen LogP contribution < -0.4 is 0 Å². The number of esters is 1. The van der Waals surface area contributed by atoms with Crippen LogP contribution in [0.15, 0.2) is 99.8 Å². The molecule has 0 aliphatic carbocycles. The molecule has 4 rings (SSSR count). The first-order valence-corrected chi connectivity index (χ1v) is 12.0. The molecule has 0 saturated carbocycles. The maximum absolute atomic E-state index is 13.2. The lowest BCUT2D eigenvalue weighted by Crippen LogP contribution is -2.19. The van der Waals surface area contributed by atoms with E-state index >= 15 is 0 Å². The minimum absolute atomic E-state index is 0.0190. The summed E-state index contributed by atoms with van der Waals surface area (Å²) in [6, 6.07) is 23.6. The highest BCUT2D eigenvalue weighted by molar-refractivity contribution is 7.90. The van der Waals surface area contributed by atoms with Gasteiger partial charge in [0.2, 0.25) is 0 Å². The second kappa shape index (κ2) is 9.60. The lowest BCUT2D eigenvalue weighted by atomic mass is 10.00. The zero-order valence-electron chi connectivity index (χ0n) is 17.6. The van der Waals surface area contributed by atoms with E-state index in [4.69, 9.17) is 21.1 Å². The molecule has 6 nitrogen and oxygen atoms in total. The van der Waals surface area contributed by atoms with Crippen molar-refractivity contribution in [3.8, 4) is 0 Å². The Bertz CT molecular complexity index is 1320. The second-order valence-corrected chi connectivity index (χ2v) is 9.15. The Labute approximate surface area is 197 Å². The van der Waals surface area contributed by atoms with Crippen molar-refractivity contribution in [2.75, 3.05) is 6.61 Å². The number of carbonyl (C=O) groups is 1. The minimum atomic E-state index is -4.18. The van der Waals surface area contributed by atoms with Crippen molar-refractivity contribution in [2.45, 2.75) is 17.9 Å². The van der Waals surface area contributed by atoms with Gasteiger partial charge in [-0.25, -0.2) is 4.79 Å². The van der Waals surface area contributed by atoms with Crippen LogP contribution in [0.4, 0.5) is 0 Å². The van der Waals surface area contributed by atoms with Gasteiger partial charge < -0.3 is 9.47 Å². The smallest absolute Gasteiger partial charge is 0.344 e. The summed E-state index contributed by atoms with van der Waals surface area (Å²) >= 11 is 5.90. The van der Waals surface area contributed by atoms with Crippen LogP contribution in [0.2, 0.25) is 5.02 Å². The van der Waals surface area contributed by atoms with Crippen molar-refractivity contribution in [1.29, 1.82) is 0 Å². The lowest BCUT2D eigenvalue weighted by molar-refractivity contribution is -0.137. The van der Waals surface area contributed by atoms with E-state index in [1.165, 1.54) is 24.3 Å². The number of rotatable bonds is 6. The molecule has 0 spiro atoms. The Hall–Kier alpha value is -3.42. The highest BCUT2D eigenvalue weighted by Gasteiger charge is 2.40. The molecule has 0 fully saturated rings. The number of ether oxygens (including phenoxy) is 2. The first kappa shape index (κ1) is 22.8. The van der Waals surface area contributed by atoms with Gasteiger partial charge in [0.25, 0.3) is 10.0 Å².